The summed E-state index contributed by atoms with van der Waals surface area (Å²) in [5.41, 5.74) is 0.777. The van der Waals surface area contributed by atoms with E-state index in [1.165, 1.54) is 21.4 Å². The average molecular weight is 418 g/mol. The molecule has 0 atom stereocenters. The molecular formula is C15H14ClF2N5O3S. The highest BCUT2D eigenvalue weighted by molar-refractivity contribution is 7.92. The largest absolute Gasteiger partial charge is 0.415 e. The highest BCUT2D eigenvalue weighted by atomic mass is 35.5. The first kappa shape index (κ1) is 19.2. The van der Waals surface area contributed by atoms with Gasteiger partial charge in [0.15, 0.2) is 0 Å². The first-order valence-corrected chi connectivity index (χ1v) is 9.84. The fraction of sp³-hybridized carbons (Fsp3) is 0.267. The van der Waals surface area contributed by atoms with E-state index in [0.29, 0.717) is 16.3 Å². The lowest BCUT2D eigenvalue weighted by atomic mass is 10.3. The van der Waals surface area contributed by atoms with Gasteiger partial charge in [-0.05, 0) is 18.2 Å². The number of anilines is 1. The first-order valence-electron chi connectivity index (χ1n) is 7.61. The molecule has 0 saturated heterocycles. The SMILES string of the molecule is CS(=O)(=O)N(CCn1cc(-c2nnc(C(F)F)o2)cn1)c1cccc(Cl)c1. The van der Waals surface area contributed by atoms with Gasteiger partial charge in [0, 0.05) is 11.2 Å². The maximum atomic E-state index is 12.5. The number of nitrogens with zero attached hydrogens (tertiary/aromatic N) is 5. The van der Waals surface area contributed by atoms with Gasteiger partial charge in [0.1, 0.15) is 0 Å². The van der Waals surface area contributed by atoms with E-state index in [9.17, 15) is 17.2 Å². The summed E-state index contributed by atoms with van der Waals surface area (Å²) >= 11 is 5.94. The first-order chi connectivity index (χ1) is 12.7. The Bertz CT molecular complexity index is 1040. The number of aromatic nitrogens is 4. The summed E-state index contributed by atoms with van der Waals surface area (Å²) < 4.78 is 56.8. The summed E-state index contributed by atoms with van der Waals surface area (Å²) in [5, 5.41) is 11.3. The van der Waals surface area contributed by atoms with Crippen molar-refractivity contribution in [3.8, 4) is 11.5 Å². The molecule has 3 aromatic rings. The van der Waals surface area contributed by atoms with Gasteiger partial charge in [-0.2, -0.15) is 13.9 Å². The van der Waals surface area contributed by atoms with Crippen LogP contribution in [0.25, 0.3) is 11.5 Å². The fourth-order valence-electron chi connectivity index (χ4n) is 2.35. The quantitative estimate of drug-likeness (QED) is 0.586. The van der Waals surface area contributed by atoms with Crippen LogP contribution in [0.3, 0.4) is 0 Å². The summed E-state index contributed by atoms with van der Waals surface area (Å²) in [6, 6.07) is 6.47. The summed E-state index contributed by atoms with van der Waals surface area (Å²) in [4.78, 5) is 0. The second kappa shape index (κ2) is 7.61. The van der Waals surface area contributed by atoms with Crippen LogP contribution in [0.1, 0.15) is 12.3 Å². The number of hydrogen-bond acceptors (Lipinski definition) is 6. The Balaban J connectivity index is 1.75. The molecule has 0 radical (unpaired) electrons. The van der Waals surface area contributed by atoms with E-state index in [1.54, 1.807) is 24.3 Å². The summed E-state index contributed by atoms with van der Waals surface area (Å²) in [6.45, 7) is 0.293. The van der Waals surface area contributed by atoms with Crippen LogP contribution >= 0.6 is 11.6 Å². The average Bonchev–Trinajstić information content (AvgIpc) is 3.23. The van der Waals surface area contributed by atoms with Crippen molar-refractivity contribution in [3.63, 3.8) is 0 Å². The zero-order chi connectivity index (χ0) is 19.6. The van der Waals surface area contributed by atoms with Crippen LogP contribution in [0, 0.1) is 0 Å². The minimum atomic E-state index is -3.55. The summed E-state index contributed by atoms with van der Waals surface area (Å²) in [5.74, 6) is -0.867. The minimum Gasteiger partial charge on any atom is -0.415 e. The number of hydrogen-bond donors (Lipinski definition) is 0. The molecule has 0 fully saturated rings. The maximum absolute atomic E-state index is 12.5. The third-order valence-corrected chi connectivity index (χ3v) is 4.97. The number of alkyl halides is 2. The molecule has 0 aliphatic rings. The molecule has 0 unspecified atom stereocenters. The Morgan fingerprint density at radius 2 is 2.11 bits per heavy atom. The molecule has 8 nitrogen and oxygen atoms in total. The van der Waals surface area contributed by atoms with E-state index in [-0.39, 0.29) is 19.0 Å². The van der Waals surface area contributed by atoms with Crippen molar-refractivity contribution in [2.45, 2.75) is 13.0 Å². The van der Waals surface area contributed by atoms with Gasteiger partial charge in [0.05, 0.1) is 36.8 Å². The zero-order valence-electron chi connectivity index (χ0n) is 14.0. The number of sulfonamides is 1. The van der Waals surface area contributed by atoms with Crippen LogP contribution in [0.2, 0.25) is 5.02 Å². The molecule has 27 heavy (non-hydrogen) atoms. The standard InChI is InChI=1S/C15H14ClF2N5O3S/c1-27(24,25)23(12-4-2-3-11(16)7-12)6-5-22-9-10(8-19-22)14-20-21-15(26-14)13(17)18/h2-4,7-9,13H,5-6H2,1H3. The van der Waals surface area contributed by atoms with Gasteiger partial charge in [-0.3, -0.25) is 8.99 Å². The predicted octanol–water partition coefficient (Wildman–Crippen LogP) is 2.99. The van der Waals surface area contributed by atoms with Gasteiger partial charge in [0.25, 0.3) is 11.8 Å². The Morgan fingerprint density at radius 3 is 2.74 bits per heavy atom. The van der Waals surface area contributed by atoms with E-state index in [2.05, 4.69) is 15.3 Å². The van der Waals surface area contributed by atoms with Crippen molar-refractivity contribution in [3.05, 3.63) is 47.6 Å². The highest BCUT2D eigenvalue weighted by Gasteiger charge is 2.20. The number of benzene rings is 1. The monoisotopic (exact) mass is 417 g/mol. The molecule has 3 rings (SSSR count). The molecule has 144 valence electrons. The van der Waals surface area contributed by atoms with Gasteiger partial charge in [0.2, 0.25) is 10.0 Å². The third-order valence-electron chi connectivity index (χ3n) is 3.54. The molecule has 0 amide bonds. The van der Waals surface area contributed by atoms with Crippen molar-refractivity contribution in [1.29, 1.82) is 0 Å². The van der Waals surface area contributed by atoms with Crippen molar-refractivity contribution < 1.29 is 21.6 Å². The molecule has 2 aromatic heterocycles. The van der Waals surface area contributed by atoms with Crippen LogP contribution < -0.4 is 4.31 Å². The van der Waals surface area contributed by atoms with Crippen LogP contribution in [0.5, 0.6) is 0 Å². The van der Waals surface area contributed by atoms with Crippen molar-refractivity contribution in [1.82, 2.24) is 20.0 Å². The molecule has 12 heteroatoms. The van der Waals surface area contributed by atoms with Gasteiger partial charge < -0.3 is 4.42 Å². The molecule has 0 aliphatic carbocycles. The van der Waals surface area contributed by atoms with Gasteiger partial charge in [-0.25, -0.2) is 8.42 Å². The van der Waals surface area contributed by atoms with Crippen LogP contribution in [-0.4, -0.2) is 41.2 Å². The van der Waals surface area contributed by atoms with Crippen molar-refractivity contribution in [2.24, 2.45) is 0 Å². The smallest absolute Gasteiger partial charge is 0.314 e. The lowest BCUT2D eigenvalue weighted by molar-refractivity contribution is 0.116. The summed E-state index contributed by atoms with van der Waals surface area (Å²) in [6.07, 6.45) is 1.10. The molecule has 1 aromatic carbocycles. The molecule has 0 spiro atoms. The normalized spacial score (nSPS) is 11.9. The zero-order valence-corrected chi connectivity index (χ0v) is 15.5. The molecule has 2 heterocycles. The Hall–Kier alpha value is -2.53. The molecular weight excluding hydrogens is 404 g/mol. The molecule has 0 N–H and O–H groups in total. The fourth-order valence-corrected chi connectivity index (χ4v) is 3.44. The molecule has 0 aliphatic heterocycles. The van der Waals surface area contributed by atoms with E-state index in [1.807, 2.05) is 0 Å². The van der Waals surface area contributed by atoms with E-state index >= 15 is 0 Å². The lowest BCUT2D eigenvalue weighted by Crippen LogP contribution is -2.33. The van der Waals surface area contributed by atoms with Gasteiger partial charge in [-0.1, -0.05) is 17.7 Å². The van der Waals surface area contributed by atoms with Crippen LogP contribution in [0.4, 0.5) is 14.5 Å². The van der Waals surface area contributed by atoms with E-state index in [0.717, 1.165) is 6.26 Å². The second-order valence-corrected chi connectivity index (χ2v) is 7.90. The van der Waals surface area contributed by atoms with E-state index in [4.69, 9.17) is 16.0 Å². The van der Waals surface area contributed by atoms with Gasteiger partial charge in [-0.15, -0.1) is 10.2 Å². The third kappa shape index (κ3) is 4.61. The molecule has 0 saturated carbocycles. The van der Waals surface area contributed by atoms with Crippen LogP contribution in [0.15, 0.2) is 41.1 Å². The molecule has 0 bridgehead atoms. The Morgan fingerprint density at radius 1 is 1.33 bits per heavy atom. The predicted molar refractivity (Wildman–Crippen MR) is 94.1 cm³/mol. The van der Waals surface area contributed by atoms with Crippen molar-refractivity contribution in [2.75, 3.05) is 17.1 Å². The lowest BCUT2D eigenvalue weighted by Gasteiger charge is -2.22. The van der Waals surface area contributed by atoms with E-state index < -0.39 is 22.3 Å². The number of rotatable bonds is 7. The second-order valence-electron chi connectivity index (χ2n) is 5.55. The topological polar surface area (TPSA) is 94.1 Å². The van der Waals surface area contributed by atoms with Gasteiger partial charge >= 0.3 is 6.43 Å². The highest BCUT2D eigenvalue weighted by Crippen LogP contribution is 2.24. The summed E-state index contributed by atoms with van der Waals surface area (Å²) in [7, 11) is -3.55. The van der Waals surface area contributed by atoms with Crippen molar-refractivity contribution >= 4 is 27.3 Å². The maximum Gasteiger partial charge on any atom is 0.314 e. The number of halogens is 3. The van der Waals surface area contributed by atoms with Crippen LogP contribution in [-0.2, 0) is 16.6 Å². The minimum absolute atomic E-state index is 0.0897. The Labute approximate surface area is 158 Å². The Kier molecular flexibility index (Phi) is 5.42.